The van der Waals surface area contributed by atoms with E-state index in [1.165, 1.54) is 0 Å². The molecule has 0 aromatic heterocycles. The van der Waals surface area contributed by atoms with Gasteiger partial charge in [-0.1, -0.05) is 34.1 Å². The van der Waals surface area contributed by atoms with E-state index in [-0.39, 0.29) is 53.8 Å². The van der Waals surface area contributed by atoms with Crippen molar-refractivity contribution in [2.75, 3.05) is 6.61 Å². The van der Waals surface area contributed by atoms with Crippen molar-refractivity contribution in [2.24, 2.45) is 64.9 Å². The first-order valence-corrected chi connectivity index (χ1v) is 16.5. The van der Waals surface area contributed by atoms with Gasteiger partial charge in [-0.15, -0.1) is 0 Å². The maximum Gasteiger partial charge on any atom is 0.303 e. The number of carbonyl (C=O) groups excluding carboxylic acids is 5. The largest absolute Gasteiger partial charge is 0.481 e. The molecular weight excluding hydrogens is 600 g/mol. The normalized spacial score (nSPS) is 39.7. The highest BCUT2D eigenvalue weighted by Gasteiger charge is 2.95. The molecule has 46 heavy (non-hydrogen) atoms. The Labute approximate surface area is 266 Å². The summed E-state index contributed by atoms with van der Waals surface area (Å²) in [6.07, 6.45) is 0.776. The van der Waals surface area contributed by atoms with Gasteiger partial charge in [-0.25, -0.2) is 0 Å². The molecule has 5 amide bonds. The van der Waals surface area contributed by atoms with E-state index in [1.807, 2.05) is 6.92 Å². The summed E-state index contributed by atoms with van der Waals surface area (Å²) in [6, 6.07) is -4.73. The van der Waals surface area contributed by atoms with E-state index < -0.39 is 89.9 Å². The smallest absolute Gasteiger partial charge is 0.303 e. The van der Waals surface area contributed by atoms with Crippen LogP contribution < -0.4 is 32.3 Å². The summed E-state index contributed by atoms with van der Waals surface area (Å²) in [4.78, 5) is 78.2. The fraction of sp³-hybridized carbons (Fsp3) is 0.806. The van der Waals surface area contributed by atoms with Crippen LogP contribution in [0.3, 0.4) is 0 Å². The van der Waals surface area contributed by atoms with Crippen molar-refractivity contribution < 1.29 is 44.1 Å². The van der Waals surface area contributed by atoms with Gasteiger partial charge in [0.05, 0.1) is 6.61 Å². The second kappa shape index (κ2) is 11.2. The van der Waals surface area contributed by atoms with Crippen LogP contribution in [0.2, 0.25) is 0 Å². The molecule has 15 nitrogen and oxygen atoms in total. The number of aliphatic hydroxyl groups excluding tert-OH is 1. The first-order valence-electron chi connectivity index (χ1n) is 16.5. The summed E-state index contributed by atoms with van der Waals surface area (Å²) in [7, 11) is 0. The van der Waals surface area contributed by atoms with Gasteiger partial charge in [-0.2, -0.15) is 0 Å². The second-order valence-corrected chi connectivity index (χ2v) is 14.8. The molecule has 5 saturated carbocycles. The third-order valence-electron chi connectivity index (χ3n) is 12.4. The fourth-order valence-electron chi connectivity index (χ4n) is 10.5. The van der Waals surface area contributed by atoms with Gasteiger partial charge in [-0.05, 0) is 48.3 Å². The molecule has 5 aliphatic carbocycles. The lowest BCUT2D eigenvalue weighted by Crippen LogP contribution is -2.85. The maximum atomic E-state index is 14.0. The molecule has 10 N–H and O–H groups in total. The van der Waals surface area contributed by atoms with Gasteiger partial charge in [0, 0.05) is 30.1 Å². The minimum Gasteiger partial charge on any atom is -0.481 e. The molecule has 7 fully saturated rings. The number of carboxylic acids is 1. The topological polar surface area (TPSA) is 249 Å². The number of aliphatic hydroxyl groups is 2. The van der Waals surface area contributed by atoms with Crippen molar-refractivity contribution in [3.63, 3.8) is 0 Å². The van der Waals surface area contributed by atoms with Crippen molar-refractivity contribution >= 4 is 35.5 Å². The average Bonchev–Trinajstić information content (AvgIpc) is 3.55. The second-order valence-electron chi connectivity index (χ2n) is 14.8. The molecule has 10 unspecified atom stereocenters. The average molecular weight is 647 g/mol. The summed E-state index contributed by atoms with van der Waals surface area (Å²) in [6.45, 7) is 6.33. The lowest BCUT2D eigenvalue weighted by atomic mass is 9.50. The highest BCUT2D eigenvalue weighted by atomic mass is 16.4. The summed E-state index contributed by atoms with van der Waals surface area (Å²) in [5, 5.41) is 44.1. The standard InChI is InChI=1S/C31H46N6O9/c1-5-11(4)24(35-25(41)14(32)9-38)28(44)34-23(10(2)3)27(43)33-15(6-7-16(39)40)26(42)36-31-20-13-8-12-17-18(13)22(31)21(17)30(46,19(12)20)29(45)37-31/h10-15,17-24,38,46H,5-9,32H2,1-4H3,(H,33,43)(H,34,44)(H,35,41)(H,36,42)(H,37,45)(H,39,40)/t11-,12?,13?,14-,15-,17?,18?,19?,20?,21?,22?,23-,24-,30?,31?/m0/s1. The summed E-state index contributed by atoms with van der Waals surface area (Å²) in [5.74, 6) is -4.72. The molecule has 0 aromatic rings. The molecule has 0 radical (unpaired) electrons. The van der Waals surface area contributed by atoms with Crippen molar-refractivity contribution in [2.45, 2.75) is 88.8 Å². The van der Waals surface area contributed by atoms with E-state index >= 15 is 0 Å². The molecule has 15 heteroatoms. The minimum absolute atomic E-state index is 0.118. The number of nitrogens with one attached hydrogen (secondary N) is 5. The molecule has 2 heterocycles. The lowest BCUT2D eigenvalue weighted by Gasteiger charge is -2.63. The van der Waals surface area contributed by atoms with Crippen molar-refractivity contribution in [3.05, 3.63) is 0 Å². The Hall–Kier alpha value is -3.30. The molecule has 2 aliphatic heterocycles. The number of rotatable bonds is 15. The monoisotopic (exact) mass is 646 g/mol. The number of carbonyl (C=O) groups is 6. The van der Waals surface area contributed by atoms with Gasteiger partial charge >= 0.3 is 5.97 Å². The predicted octanol–water partition coefficient (Wildman–Crippen LogP) is -2.61. The molecular formula is C31H46N6O9. The van der Waals surface area contributed by atoms with Crippen LogP contribution in [0.1, 0.15) is 53.4 Å². The number of hydrogen-bond donors (Lipinski definition) is 9. The van der Waals surface area contributed by atoms with E-state index in [2.05, 4.69) is 26.6 Å². The molecule has 0 spiro atoms. The van der Waals surface area contributed by atoms with Crippen LogP contribution in [0.15, 0.2) is 0 Å². The fourth-order valence-corrected chi connectivity index (χ4v) is 10.5. The van der Waals surface area contributed by atoms with Crippen molar-refractivity contribution in [1.29, 1.82) is 0 Å². The van der Waals surface area contributed by atoms with Crippen LogP contribution in [-0.2, 0) is 28.8 Å². The molecule has 2 saturated heterocycles. The summed E-state index contributed by atoms with van der Waals surface area (Å²) < 4.78 is 0. The highest BCUT2D eigenvalue weighted by Crippen LogP contribution is 2.88. The summed E-state index contributed by atoms with van der Waals surface area (Å²) >= 11 is 0. The molecule has 7 aliphatic rings. The molecule has 0 aromatic carbocycles. The molecule has 15 atom stereocenters. The Morgan fingerprint density at radius 3 is 2.13 bits per heavy atom. The predicted molar refractivity (Wildman–Crippen MR) is 159 cm³/mol. The number of fused-ring (bicyclic) bond motifs is 1. The van der Waals surface area contributed by atoms with E-state index in [9.17, 15) is 44.1 Å². The molecule has 254 valence electrons. The Kier molecular flexibility index (Phi) is 7.91. The third kappa shape index (κ3) is 4.33. The zero-order valence-corrected chi connectivity index (χ0v) is 26.5. The van der Waals surface area contributed by atoms with Crippen LogP contribution in [0, 0.1) is 59.2 Å². The van der Waals surface area contributed by atoms with Gasteiger partial charge in [0.1, 0.15) is 35.4 Å². The first kappa shape index (κ1) is 32.6. The van der Waals surface area contributed by atoms with E-state index in [0.717, 1.165) is 6.42 Å². The number of aliphatic carboxylic acids is 1. The zero-order chi connectivity index (χ0) is 33.6. The van der Waals surface area contributed by atoms with Gasteiger partial charge in [-0.3, -0.25) is 28.8 Å². The number of nitrogens with two attached hydrogens (primary N) is 1. The Morgan fingerprint density at radius 2 is 1.52 bits per heavy atom. The maximum absolute atomic E-state index is 14.0. The number of piperidine rings is 2. The number of hydrogen-bond acceptors (Lipinski definition) is 9. The molecule has 4 bridgehead atoms. The highest BCUT2D eigenvalue weighted by molar-refractivity contribution is 5.96. The van der Waals surface area contributed by atoms with Crippen LogP contribution in [-0.4, -0.2) is 92.9 Å². The lowest BCUT2D eigenvalue weighted by molar-refractivity contribution is -0.214. The van der Waals surface area contributed by atoms with Crippen LogP contribution >= 0.6 is 0 Å². The van der Waals surface area contributed by atoms with Gasteiger partial charge in [0.2, 0.25) is 23.6 Å². The van der Waals surface area contributed by atoms with E-state index in [0.29, 0.717) is 12.3 Å². The van der Waals surface area contributed by atoms with Crippen LogP contribution in [0.4, 0.5) is 0 Å². The Morgan fingerprint density at radius 1 is 0.913 bits per heavy atom. The molecule has 7 rings (SSSR count). The minimum atomic E-state index is -1.41. The van der Waals surface area contributed by atoms with E-state index in [1.54, 1.807) is 20.8 Å². The summed E-state index contributed by atoms with van der Waals surface area (Å²) in [5.41, 5.74) is 3.15. The van der Waals surface area contributed by atoms with Crippen LogP contribution in [0.25, 0.3) is 0 Å². The number of carboxylic acid groups (broad SMARTS) is 1. The number of amides is 5. The van der Waals surface area contributed by atoms with Crippen molar-refractivity contribution in [1.82, 2.24) is 26.6 Å². The van der Waals surface area contributed by atoms with Gasteiger partial charge < -0.3 is 47.6 Å². The third-order valence-corrected chi connectivity index (χ3v) is 12.4. The zero-order valence-electron chi connectivity index (χ0n) is 26.5. The Balaban J connectivity index is 1.18. The van der Waals surface area contributed by atoms with Gasteiger partial charge in [0.25, 0.3) is 5.91 Å². The van der Waals surface area contributed by atoms with Crippen molar-refractivity contribution in [3.8, 4) is 0 Å². The van der Waals surface area contributed by atoms with Crippen LogP contribution in [0.5, 0.6) is 0 Å². The Bertz CT molecular complexity index is 1360. The SMILES string of the molecule is CC[C@H](C)[C@H](NC(=O)[C@@H](N)CO)C(=O)N[C@H](C(=O)N[C@@H](CCC(=O)O)C(=O)NC12NC(=O)C3(O)C4C5CC(C6C5C3C61)C42)C(C)C. The quantitative estimate of drug-likeness (QED) is 0.0896. The first-order chi connectivity index (χ1) is 21.6. The van der Waals surface area contributed by atoms with E-state index in [4.69, 9.17) is 5.73 Å². The van der Waals surface area contributed by atoms with Gasteiger partial charge in [0.15, 0.2) is 0 Å².